The second kappa shape index (κ2) is 3.78. The van der Waals surface area contributed by atoms with Gasteiger partial charge in [-0.15, -0.1) is 0 Å². The summed E-state index contributed by atoms with van der Waals surface area (Å²) in [6, 6.07) is 1.87. The van der Waals surface area contributed by atoms with Gasteiger partial charge in [-0.2, -0.15) is 11.3 Å². The van der Waals surface area contributed by atoms with Crippen molar-refractivity contribution in [3.8, 4) is 0 Å². The highest BCUT2D eigenvalue weighted by Crippen LogP contribution is 2.10. The zero-order valence-corrected chi connectivity index (χ0v) is 6.47. The van der Waals surface area contributed by atoms with Crippen molar-refractivity contribution in [2.24, 2.45) is 0 Å². The summed E-state index contributed by atoms with van der Waals surface area (Å²) >= 11 is 1.55. The molecule has 0 aliphatic carbocycles. The van der Waals surface area contributed by atoms with Crippen LogP contribution in [0.1, 0.15) is 0 Å². The monoisotopic (exact) mass is 169 g/mol. The maximum Gasteiger partial charge on any atom is 0.329 e. The van der Waals surface area contributed by atoms with Gasteiger partial charge in [0.15, 0.2) is 0 Å². The van der Waals surface area contributed by atoms with Crippen LogP contribution in [0.5, 0.6) is 0 Å². The molecule has 0 aliphatic rings. The lowest BCUT2D eigenvalue weighted by Gasteiger charge is -1.91. The second-order valence-electron chi connectivity index (χ2n) is 1.83. The fourth-order valence-electron chi connectivity index (χ4n) is 0.556. The predicted molar refractivity (Wildman–Crippen MR) is 44.7 cm³/mol. The number of rotatable bonds is 3. The highest BCUT2D eigenvalue weighted by Gasteiger charge is 1.87. The minimum absolute atomic E-state index is 0.910. The van der Waals surface area contributed by atoms with Crippen molar-refractivity contribution in [3.63, 3.8) is 0 Å². The third-order valence-corrected chi connectivity index (χ3v) is 1.68. The molecule has 0 atom stereocenters. The number of carboxylic acids is 1. The van der Waals surface area contributed by atoms with Crippen LogP contribution in [0.3, 0.4) is 0 Å². The summed E-state index contributed by atoms with van der Waals surface area (Å²) in [6.07, 6.45) is 2.45. The van der Waals surface area contributed by atoms with E-state index in [9.17, 15) is 4.79 Å². The summed E-state index contributed by atoms with van der Waals surface area (Å²) in [5.41, 5.74) is 0.910. The van der Waals surface area contributed by atoms with Gasteiger partial charge in [0.2, 0.25) is 0 Å². The lowest BCUT2D eigenvalue weighted by atomic mass is 10.5. The average Bonchev–Trinajstić information content (AvgIpc) is 2.39. The highest BCUT2D eigenvalue weighted by molar-refractivity contribution is 7.08. The summed E-state index contributed by atoms with van der Waals surface area (Å²) in [5, 5.41) is 14.8. The number of hydrogen-bond donors (Lipinski definition) is 2. The minimum atomic E-state index is -0.951. The molecule has 58 valence electrons. The van der Waals surface area contributed by atoms with Crippen molar-refractivity contribution in [1.29, 1.82) is 0 Å². The summed E-state index contributed by atoms with van der Waals surface area (Å²) in [4.78, 5) is 10.0. The molecule has 0 fully saturated rings. The van der Waals surface area contributed by atoms with Gasteiger partial charge in [-0.1, -0.05) is 0 Å². The zero-order valence-electron chi connectivity index (χ0n) is 5.65. The zero-order chi connectivity index (χ0) is 8.10. The van der Waals surface area contributed by atoms with Gasteiger partial charge < -0.3 is 10.4 Å². The van der Waals surface area contributed by atoms with Gasteiger partial charge in [0.05, 0.1) is 0 Å². The molecule has 0 saturated carbocycles. The van der Waals surface area contributed by atoms with Gasteiger partial charge in [-0.3, -0.25) is 0 Å². The molecular weight excluding hydrogens is 162 g/mol. The standard InChI is InChI=1S/C7H7NO2S/c9-7(10)1-3-8-6-2-4-11-5-6/h1-5,8H,(H,9,10)/b3-1+. The summed E-state index contributed by atoms with van der Waals surface area (Å²) in [6.45, 7) is 0. The molecule has 1 heterocycles. The Morgan fingerprint density at radius 1 is 1.73 bits per heavy atom. The van der Waals surface area contributed by atoms with Crippen molar-refractivity contribution < 1.29 is 9.90 Å². The summed E-state index contributed by atoms with van der Waals surface area (Å²) in [5.74, 6) is -0.951. The lowest BCUT2D eigenvalue weighted by molar-refractivity contribution is -0.131. The Morgan fingerprint density at radius 2 is 2.55 bits per heavy atom. The van der Waals surface area contributed by atoms with E-state index in [0.29, 0.717) is 0 Å². The lowest BCUT2D eigenvalue weighted by Crippen LogP contribution is -1.90. The normalized spacial score (nSPS) is 10.2. The second-order valence-corrected chi connectivity index (χ2v) is 2.61. The van der Waals surface area contributed by atoms with E-state index < -0.39 is 5.97 Å². The molecule has 3 nitrogen and oxygen atoms in total. The third-order valence-electron chi connectivity index (χ3n) is 0.997. The fraction of sp³-hybridized carbons (Fsp3) is 0. The molecule has 11 heavy (non-hydrogen) atoms. The topological polar surface area (TPSA) is 49.3 Å². The summed E-state index contributed by atoms with van der Waals surface area (Å²) < 4.78 is 0. The van der Waals surface area contributed by atoms with Crippen LogP contribution in [-0.2, 0) is 4.79 Å². The van der Waals surface area contributed by atoms with Gasteiger partial charge in [0, 0.05) is 23.3 Å². The number of carboxylic acid groups (broad SMARTS) is 1. The van der Waals surface area contributed by atoms with Gasteiger partial charge in [0.1, 0.15) is 0 Å². The smallest absolute Gasteiger partial charge is 0.329 e. The molecule has 1 rings (SSSR count). The minimum Gasteiger partial charge on any atom is -0.478 e. The Labute approximate surface area is 68.0 Å². The Hall–Kier alpha value is -1.29. The van der Waals surface area contributed by atoms with Gasteiger partial charge in [-0.25, -0.2) is 4.79 Å². The Kier molecular flexibility index (Phi) is 2.68. The number of aliphatic carboxylic acids is 1. The first-order valence-electron chi connectivity index (χ1n) is 2.97. The first-order valence-corrected chi connectivity index (χ1v) is 3.91. The van der Waals surface area contributed by atoms with Crippen molar-refractivity contribution in [2.75, 3.05) is 5.32 Å². The third kappa shape index (κ3) is 2.86. The average molecular weight is 169 g/mol. The number of carbonyl (C=O) groups is 1. The van der Waals surface area contributed by atoms with Crippen LogP contribution in [0.25, 0.3) is 0 Å². The molecule has 1 aromatic rings. The van der Waals surface area contributed by atoms with Gasteiger partial charge in [0.25, 0.3) is 0 Å². The number of thiophene rings is 1. The number of hydrogen-bond acceptors (Lipinski definition) is 3. The van der Waals surface area contributed by atoms with E-state index in [1.807, 2.05) is 16.8 Å². The molecule has 0 radical (unpaired) electrons. The maximum atomic E-state index is 10.0. The molecule has 0 saturated heterocycles. The molecule has 2 N–H and O–H groups in total. The van der Waals surface area contributed by atoms with E-state index in [4.69, 9.17) is 5.11 Å². The van der Waals surface area contributed by atoms with Crippen LogP contribution in [-0.4, -0.2) is 11.1 Å². The largest absolute Gasteiger partial charge is 0.478 e. The molecule has 4 heteroatoms. The van der Waals surface area contributed by atoms with Crippen LogP contribution in [0, 0.1) is 0 Å². The quantitative estimate of drug-likeness (QED) is 0.678. The Morgan fingerprint density at radius 3 is 3.09 bits per heavy atom. The number of anilines is 1. The van der Waals surface area contributed by atoms with Crippen molar-refractivity contribution in [3.05, 3.63) is 29.1 Å². The first-order chi connectivity index (χ1) is 5.29. The fourth-order valence-corrected chi connectivity index (χ4v) is 1.15. The molecule has 1 aromatic heterocycles. The SMILES string of the molecule is O=C(O)/C=C/Nc1ccsc1. The molecule has 0 aliphatic heterocycles. The molecule has 0 amide bonds. The Bertz CT molecular complexity index is 253. The van der Waals surface area contributed by atoms with E-state index in [2.05, 4.69) is 5.32 Å². The Balaban J connectivity index is 2.40. The van der Waals surface area contributed by atoms with E-state index in [-0.39, 0.29) is 0 Å². The predicted octanol–water partition coefficient (Wildman–Crippen LogP) is 1.76. The van der Waals surface area contributed by atoms with Crippen molar-refractivity contribution in [1.82, 2.24) is 0 Å². The van der Waals surface area contributed by atoms with Crippen LogP contribution >= 0.6 is 11.3 Å². The van der Waals surface area contributed by atoms with E-state index >= 15 is 0 Å². The summed E-state index contributed by atoms with van der Waals surface area (Å²) in [7, 11) is 0. The van der Waals surface area contributed by atoms with Gasteiger partial charge >= 0.3 is 5.97 Å². The molecule has 0 unspecified atom stereocenters. The van der Waals surface area contributed by atoms with E-state index in [1.165, 1.54) is 6.20 Å². The van der Waals surface area contributed by atoms with Crippen molar-refractivity contribution in [2.45, 2.75) is 0 Å². The molecule has 0 bridgehead atoms. The molecule has 0 spiro atoms. The maximum absolute atomic E-state index is 10.0. The van der Waals surface area contributed by atoms with Crippen LogP contribution in [0.4, 0.5) is 5.69 Å². The van der Waals surface area contributed by atoms with Gasteiger partial charge in [-0.05, 0) is 11.4 Å². The van der Waals surface area contributed by atoms with Crippen LogP contribution in [0.15, 0.2) is 29.1 Å². The molecular formula is C7H7NO2S. The first kappa shape index (κ1) is 7.81. The number of nitrogens with one attached hydrogen (secondary N) is 1. The van der Waals surface area contributed by atoms with Crippen LogP contribution in [0.2, 0.25) is 0 Å². The highest BCUT2D eigenvalue weighted by atomic mass is 32.1. The van der Waals surface area contributed by atoms with Crippen LogP contribution < -0.4 is 5.32 Å². The van der Waals surface area contributed by atoms with E-state index in [1.54, 1.807) is 11.3 Å². The van der Waals surface area contributed by atoms with Crippen molar-refractivity contribution >= 4 is 23.0 Å². The van der Waals surface area contributed by atoms with E-state index in [0.717, 1.165) is 11.8 Å². The molecule has 0 aromatic carbocycles.